The molecule has 1 fully saturated rings. The molecule has 0 aromatic rings. The minimum atomic E-state index is 0.223. The zero-order valence-electron chi connectivity index (χ0n) is 12.0. The van der Waals surface area contributed by atoms with Crippen molar-refractivity contribution in [1.82, 2.24) is 9.80 Å². The summed E-state index contributed by atoms with van der Waals surface area (Å²) in [5.41, 5.74) is 6.27. The van der Waals surface area contributed by atoms with E-state index in [-0.39, 0.29) is 5.54 Å². The third-order valence-electron chi connectivity index (χ3n) is 4.24. The van der Waals surface area contributed by atoms with E-state index in [1.165, 1.54) is 58.3 Å². The number of likely N-dealkylation sites (N-methyl/N-ethyl adjacent to an activating group) is 1. The van der Waals surface area contributed by atoms with Crippen LogP contribution in [0.4, 0.5) is 0 Å². The van der Waals surface area contributed by atoms with Gasteiger partial charge in [-0.3, -0.25) is 4.90 Å². The van der Waals surface area contributed by atoms with E-state index < -0.39 is 0 Å². The molecule has 102 valence electrons. The van der Waals surface area contributed by atoms with Crippen LogP contribution in [0.1, 0.15) is 46.0 Å². The predicted octanol–water partition coefficient (Wildman–Crippen LogP) is 1.92. The van der Waals surface area contributed by atoms with Gasteiger partial charge in [-0.05, 0) is 39.9 Å². The van der Waals surface area contributed by atoms with Crippen molar-refractivity contribution in [3.63, 3.8) is 0 Å². The molecule has 1 atom stereocenters. The molecule has 0 aromatic heterocycles. The van der Waals surface area contributed by atoms with Gasteiger partial charge in [0.25, 0.3) is 0 Å². The van der Waals surface area contributed by atoms with Crippen molar-refractivity contribution in [3.8, 4) is 0 Å². The molecule has 1 rings (SSSR count). The molecule has 0 bridgehead atoms. The number of rotatable bonds is 6. The lowest BCUT2D eigenvalue weighted by Crippen LogP contribution is -2.52. The largest absolute Gasteiger partial charge is 0.329 e. The van der Waals surface area contributed by atoms with Crippen molar-refractivity contribution < 1.29 is 0 Å². The number of unbranched alkanes of at least 4 members (excludes halogenated alkanes) is 2. The minimum Gasteiger partial charge on any atom is -0.329 e. The molecule has 17 heavy (non-hydrogen) atoms. The van der Waals surface area contributed by atoms with Crippen LogP contribution in [0.25, 0.3) is 0 Å². The van der Waals surface area contributed by atoms with Crippen molar-refractivity contribution in [3.05, 3.63) is 0 Å². The maximum Gasteiger partial charge on any atom is 0.0304 e. The zero-order valence-corrected chi connectivity index (χ0v) is 12.0. The summed E-state index contributed by atoms with van der Waals surface area (Å²) in [4.78, 5) is 5.06. The first-order chi connectivity index (χ1) is 8.12. The Morgan fingerprint density at radius 2 is 1.88 bits per heavy atom. The average Bonchev–Trinajstić information content (AvgIpc) is 2.54. The lowest BCUT2D eigenvalue weighted by atomic mass is 9.92. The highest BCUT2D eigenvalue weighted by Gasteiger charge is 2.30. The summed E-state index contributed by atoms with van der Waals surface area (Å²) in [6.07, 6.45) is 6.48. The molecule has 1 aliphatic heterocycles. The van der Waals surface area contributed by atoms with E-state index in [9.17, 15) is 0 Å². The lowest BCUT2D eigenvalue weighted by molar-refractivity contribution is 0.103. The van der Waals surface area contributed by atoms with E-state index in [1.54, 1.807) is 0 Å². The van der Waals surface area contributed by atoms with E-state index in [4.69, 9.17) is 5.73 Å². The van der Waals surface area contributed by atoms with Crippen LogP contribution in [0, 0.1) is 0 Å². The molecule has 0 spiro atoms. The zero-order chi connectivity index (χ0) is 12.7. The fraction of sp³-hybridized carbons (Fsp3) is 1.00. The summed E-state index contributed by atoms with van der Waals surface area (Å²) in [5, 5.41) is 0. The van der Waals surface area contributed by atoms with E-state index in [0.29, 0.717) is 0 Å². The second kappa shape index (κ2) is 7.34. The topological polar surface area (TPSA) is 32.5 Å². The Bertz CT molecular complexity index is 208. The highest BCUT2D eigenvalue weighted by atomic mass is 15.2. The second-order valence-electron chi connectivity index (χ2n) is 5.80. The van der Waals surface area contributed by atoms with Crippen LogP contribution < -0.4 is 5.73 Å². The van der Waals surface area contributed by atoms with E-state index >= 15 is 0 Å². The minimum absolute atomic E-state index is 0.223. The van der Waals surface area contributed by atoms with Crippen molar-refractivity contribution >= 4 is 0 Å². The predicted molar refractivity (Wildman–Crippen MR) is 75.3 cm³/mol. The van der Waals surface area contributed by atoms with Gasteiger partial charge in [0.15, 0.2) is 0 Å². The number of hydrogen-bond donors (Lipinski definition) is 1. The third kappa shape index (κ3) is 4.57. The van der Waals surface area contributed by atoms with Gasteiger partial charge in [0.2, 0.25) is 0 Å². The molecule has 0 aromatic carbocycles. The van der Waals surface area contributed by atoms with Gasteiger partial charge >= 0.3 is 0 Å². The first kappa shape index (κ1) is 14.9. The van der Waals surface area contributed by atoms with Crippen molar-refractivity contribution in [2.45, 2.75) is 51.5 Å². The number of nitrogens with two attached hydrogens (primary N) is 1. The highest BCUT2D eigenvalue weighted by Crippen LogP contribution is 2.23. The molecular weight excluding hydrogens is 210 g/mol. The molecule has 2 N–H and O–H groups in total. The molecule has 1 aliphatic rings. The van der Waals surface area contributed by atoms with Gasteiger partial charge < -0.3 is 10.6 Å². The fourth-order valence-electron chi connectivity index (χ4n) is 2.73. The maximum absolute atomic E-state index is 6.05. The maximum atomic E-state index is 6.05. The summed E-state index contributed by atoms with van der Waals surface area (Å²) in [5.74, 6) is 0. The third-order valence-corrected chi connectivity index (χ3v) is 4.24. The van der Waals surface area contributed by atoms with Gasteiger partial charge in [0.1, 0.15) is 0 Å². The summed E-state index contributed by atoms with van der Waals surface area (Å²) in [6, 6.07) is 0. The van der Waals surface area contributed by atoms with Crippen LogP contribution in [0.3, 0.4) is 0 Å². The SMILES string of the molecule is CCCCCC(C)(CN)N1CCCN(C)CC1. The first-order valence-electron chi connectivity index (χ1n) is 7.26. The molecule has 3 nitrogen and oxygen atoms in total. The summed E-state index contributed by atoms with van der Waals surface area (Å²) in [6.45, 7) is 10.2. The van der Waals surface area contributed by atoms with E-state index in [2.05, 4.69) is 30.7 Å². The Kier molecular flexibility index (Phi) is 6.45. The number of nitrogens with zero attached hydrogens (tertiary/aromatic N) is 2. The standard InChI is InChI=1S/C14H31N3/c1-4-5-6-8-14(2,13-15)17-10-7-9-16(3)11-12-17/h4-13,15H2,1-3H3. The van der Waals surface area contributed by atoms with E-state index in [1.807, 2.05) is 0 Å². The first-order valence-corrected chi connectivity index (χ1v) is 7.26. The Morgan fingerprint density at radius 1 is 1.12 bits per heavy atom. The van der Waals surface area contributed by atoms with Crippen molar-refractivity contribution in [2.24, 2.45) is 5.73 Å². The summed E-state index contributed by atoms with van der Waals surface area (Å²) < 4.78 is 0. The van der Waals surface area contributed by atoms with Gasteiger partial charge in [-0.2, -0.15) is 0 Å². The van der Waals surface area contributed by atoms with Crippen LogP contribution in [-0.2, 0) is 0 Å². The van der Waals surface area contributed by atoms with Crippen molar-refractivity contribution in [1.29, 1.82) is 0 Å². The Hall–Kier alpha value is -0.120. The molecule has 0 saturated carbocycles. The molecule has 0 radical (unpaired) electrons. The summed E-state index contributed by atoms with van der Waals surface area (Å²) >= 11 is 0. The normalized spacial score (nSPS) is 23.3. The van der Waals surface area contributed by atoms with Gasteiger partial charge in [0, 0.05) is 25.2 Å². The van der Waals surface area contributed by atoms with Crippen LogP contribution in [0.15, 0.2) is 0 Å². The fourth-order valence-corrected chi connectivity index (χ4v) is 2.73. The van der Waals surface area contributed by atoms with Crippen LogP contribution in [0.2, 0.25) is 0 Å². The lowest BCUT2D eigenvalue weighted by Gasteiger charge is -2.40. The molecule has 3 heteroatoms. The Labute approximate surface area is 107 Å². The number of hydrogen-bond acceptors (Lipinski definition) is 3. The molecule has 1 saturated heterocycles. The quantitative estimate of drug-likeness (QED) is 0.721. The van der Waals surface area contributed by atoms with Gasteiger partial charge in [-0.1, -0.05) is 26.2 Å². The van der Waals surface area contributed by atoms with E-state index in [0.717, 1.165) is 6.54 Å². The molecule has 1 unspecified atom stereocenters. The average molecular weight is 241 g/mol. The summed E-state index contributed by atoms with van der Waals surface area (Å²) in [7, 11) is 2.22. The second-order valence-corrected chi connectivity index (χ2v) is 5.80. The Morgan fingerprint density at radius 3 is 2.53 bits per heavy atom. The van der Waals surface area contributed by atoms with Crippen LogP contribution >= 0.6 is 0 Å². The smallest absolute Gasteiger partial charge is 0.0304 e. The highest BCUT2D eigenvalue weighted by molar-refractivity contribution is 4.88. The van der Waals surface area contributed by atoms with Gasteiger partial charge in [0.05, 0.1) is 0 Å². The van der Waals surface area contributed by atoms with Gasteiger partial charge in [-0.15, -0.1) is 0 Å². The van der Waals surface area contributed by atoms with Gasteiger partial charge in [-0.25, -0.2) is 0 Å². The molecular formula is C14H31N3. The monoisotopic (exact) mass is 241 g/mol. The van der Waals surface area contributed by atoms with Crippen molar-refractivity contribution in [2.75, 3.05) is 39.8 Å². The van der Waals surface area contributed by atoms with Crippen LogP contribution in [0.5, 0.6) is 0 Å². The molecule has 0 amide bonds. The van der Waals surface area contributed by atoms with Crippen LogP contribution in [-0.4, -0.2) is 55.1 Å². The Balaban J connectivity index is 2.51. The molecule has 1 heterocycles. The molecule has 0 aliphatic carbocycles.